The van der Waals surface area contributed by atoms with Gasteiger partial charge >= 0.3 is 0 Å². The first kappa shape index (κ1) is 22.4. The van der Waals surface area contributed by atoms with Gasteiger partial charge in [0.05, 0.1) is 0 Å². The lowest BCUT2D eigenvalue weighted by Crippen LogP contribution is -2.34. The molecule has 0 aromatic heterocycles. The second kappa shape index (κ2) is 17.8. The van der Waals surface area contributed by atoms with Gasteiger partial charge in [0.15, 0.2) is 0 Å². The van der Waals surface area contributed by atoms with Gasteiger partial charge in [0.25, 0.3) is 0 Å². The Kier molecular flexibility index (Phi) is 17.4. The molecule has 0 bridgehead atoms. The minimum atomic E-state index is 1.04. The lowest BCUT2D eigenvalue weighted by molar-refractivity contribution is 0.175. The zero-order valence-corrected chi connectivity index (χ0v) is 16.1. The van der Waals surface area contributed by atoms with Gasteiger partial charge in [0.2, 0.25) is 0 Å². The SMILES string of the molecule is C#N.CCCCCCCCCCCCN1CCC(CCC)CC1. The van der Waals surface area contributed by atoms with Crippen LogP contribution in [0.2, 0.25) is 0 Å². The van der Waals surface area contributed by atoms with E-state index >= 15 is 0 Å². The summed E-state index contributed by atoms with van der Waals surface area (Å²) in [6.45, 7) is 12.3. The molecule has 0 spiro atoms. The lowest BCUT2D eigenvalue weighted by atomic mass is 9.92. The van der Waals surface area contributed by atoms with E-state index in [2.05, 4.69) is 25.3 Å². The first-order valence-electron chi connectivity index (χ1n) is 10.3. The second-order valence-corrected chi connectivity index (χ2v) is 7.26. The minimum Gasteiger partial charge on any atom is -0.303 e. The van der Waals surface area contributed by atoms with Crippen LogP contribution in [0.15, 0.2) is 0 Å². The lowest BCUT2D eigenvalue weighted by Gasteiger charge is -2.31. The van der Waals surface area contributed by atoms with Gasteiger partial charge in [0, 0.05) is 6.57 Å². The topological polar surface area (TPSA) is 27.0 Å². The van der Waals surface area contributed by atoms with Crippen LogP contribution in [0.25, 0.3) is 0 Å². The molecule has 0 atom stereocenters. The van der Waals surface area contributed by atoms with Gasteiger partial charge in [-0.3, -0.25) is 0 Å². The first-order chi connectivity index (χ1) is 11.4. The van der Waals surface area contributed by atoms with Gasteiger partial charge < -0.3 is 4.90 Å². The summed E-state index contributed by atoms with van der Waals surface area (Å²) < 4.78 is 0. The Labute approximate surface area is 146 Å². The molecule has 0 aromatic carbocycles. The fourth-order valence-electron chi connectivity index (χ4n) is 3.73. The normalized spacial score (nSPS) is 16.0. The number of hydrogen-bond acceptors (Lipinski definition) is 2. The van der Waals surface area contributed by atoms with Gasteiger partial charge in [-0.05, 0) is 44.8 Å². The van der Waals surface area contributed by atoms with E-state index in [1.807, 2.05) is 0 Å². The highest BCUT2D eigenvalue weighted by Gasteiger charge is 2.17. The molecule has 136 valence electrons. The van der Waals surface area contributed by atoms with Crippen LogP contribution in [0.4, 0.5) is 0 Å². The summed E-state index contributed by atoms with van der Waals surface area (Å²) in [5.74, 6) is 1.04. The molecule has 0 aliphatic carbocycles. The molecule has 1 rings (SSSR count). The summed E-state index contributed by atoms with van der Waals surface area (Å²) in [6, 6.07) is 0. The van der Waals surface area contributed by atoms with Crippen molar-refractivity contribution in [2.75, 3.05) is 19.6 Å². The Balaban J connectivity index is 0.00000232. The van der Waals surface area contributed by atoms with Crippen LogP contribution in [0.3, 0.4) is 0 Å². The van der Waals surface area contributed by atoms with Gasteiger partial charge in [-0.25, -0.2) is 5.26 Å². The molecular formula is C21H42N2. The average molecular weight is 323 g/mol. The highest BCUT2D eigenvalue weighted by Crippen LogP contribution is 2.22. The number of piperidine rings is 1. The van der Waals surface area contributed by atoms with Gasteiger partial charge in [-0.2, -0.15) is 0 Å². The molecule has 1 saturated heterocycles. The van der Waals surface area contributed by atoms with Crippen molar-refractivity contribution in [1.29, 1.82) is 5.26 Å². The highest BCUT2D eigenvalue weighted by atomic mass is 15.1. The van der Waals surface area contributed by atoms with Gasteiger partial charge in [-0.15, -0.1) is 0 Å². The standard InChI is InChI=1S/C20H41N.CHN/c1-3-5-6-7-8-9-10-11-12-13-17-21-18-15-20(14-4-2)16-19-21;1-2/h20H,3-19H2,1-2H3;1H. The third-order valence-electron chi connectivity index (χ3n) is 5.23. The Morgan fingerprint density at radius 2 is 1.22 bits per heavy atom. The van der Waals surface area contributed by atoms with Crippen molar-refractivity contribution in [2.24, 2.45) is 5.92 Å². The highest BCUT2D eigenvalue weighted by molar-refractivity contribution is 4.71. The predicted molar refractivity (Wildman–Crippen MR) is 103 cm³/mol. The molecule has 0 radical (unpaired) electrons. The number of nitrogens with zero attached hydrogens (tertiary/aromatic N) is 2. The largest absolute Gasteiger partial charge is 0.303 e. The third-order valence-corrected chi connectivity index (χ3v) is 5.23. The van der Waals surface area contributed by atoms with E-state index in [-0.39, 0.29) is 0 Å². The van der Waals surface area contributed by atoms with Crippen LogP contribution in [-0.4, -0.2) is 24.5 Å². The molecule has 0 amide bonds. The van der Waals surface area contributed by atoms with E-state index in [1.54, 1.807) is 0 Å². The molecule has 1 aliphatic heterocycles. The summed E-state index contributed by atoms with van der Waals surface area (Å²) in [6.07, 6.45) is 20.3. The van der Waals surface area contributed by atoms with E-state index in [0.29, 0.717) is 0 Å². The fourth-order valence-corrected chi connectivity index (χ4v) is 3.73. The molecule has 1 heterocycles. The van der Waals surface area contributed by atoms with E-state index in [0.717, 1.165) is 5.92 Å². The smallest absolute Gasteiger partial charge is 0.0462 e. The quantitative estimate of drug-likeness (QED) is 0.359. The zero-order chi connectivity index (χ0) is 17.2. The van der Waals surface area contributed by atoms with Crippen molar-refractivity contribution in [3.05, 3.63) is 0 Å². The summed E-state index contributed by atoms with van der Waals surface area (Å²) in [7, 11) is 0. The van der Waals surface area contributed by atoms with Crippen LogP contribution in [-0.2, 0) is 0 Å². The Bertz CT molecular complexity index is 241. The van der Waals surface area contributed by atoms with Crippen molar-refractivity contribution in [2.45, 2.75) is 104 Å². The molecule has 0 aromatic rings. The van der Waals surface area contributed by atoms with Crippen LogP contribution < -0.4 is 0 Å². The minimum absolute atomic E-state index is 1.04. The molecule has 2 heteroatoms. The van der Waals surface area contributed by atoms with Crippen molar-refractivity contribution in [3.63, 3.8) is 0 Å². The van der Waals surface area contributed by atoms with Gasteiger partial charge in [-0.1, -0.05) is 84.5 Å². The molecule has 0 saturated carbocycles. The number of likely N-dealkylation sites (tertiary alicyclic amines) is 1. The molecule has 2 nitrogen and oxygen atoms in total. The van der Waals surface area contributed by atoms with E-state index < -0.39 is 0 Å². The maximum atomic E-state index is 6.50. The Hall–Kier alpha value is -0.550. The Morgan fingerprint density at radius 1 is 0.739 bits per heavy atom. The van der Waals surface area contributed by atoms with Crippen LogP contribution >= 0.6 is 0 Å². The van der Waals surface area contributed by atoms with E-state index in [9.17, 15) is 0 Å². The maximum absolute atomic E-state index is 6.50. The molecule has 0 unspecified atom stereocenters. The van der Waals surface area contributed by atoms with Gasteiger partial charge in [0.1, 0.15) is 0 Å². The summed E-state index contributed by atoms with van der Waals surface area (Å²) in [5, 5.41) is 6.50. The fraction of sp³-hybridized carbons (Fsp3) is 0.952. The number of rotatable bonds is 13. The molecular weight excluding hydrogens is 280 g/mol. The number of unbranched alkanes of at least 4 members (excludes halogenated alkanes) is 9. The van der Waals surface area contributed by atoms with E-state index in [1.165, 1.54) is 110 Å². The van der Waals surface area contributed by atoms with Crippen LogP contribution in [0.1, 0.15) is 104 Å². The van der Waals surface area contributed by atoms with Crippen molar-refractivity contribution < 1.29 is 0 Å². The predicted octanol–water partition coefficient (Wildman–Crippen LogP) is 6.56. The molecule has 1 aliphatic rings. The molecule has 1 fully saturated rings. The van der Waals surface area contributed by atoms with E-state index in [4.69, 9.17) is 5.26 Å². The average Bonchev–Trinajstić information content (AvgIpc) is 2.60. The van der Waals surface area contributed by atoms with Crippen molar-refractivity contribution in [1.82, 2.24) is 4.90 Å². The first-order valence-corrected chi connectivity index (χ1v) is 10.3. The monoisotopic (exact) mass is 322 g/mol. The summed E-state index contributed by atoms with van der Waals surface area (Å²) in [4.78, 5) is 2.72. The van der Waals surface area contributed by atoms with Crippen molar-refractivity contribution >= 4 is 0 Å². The number of hydrogen-bond donors (Lipinski definition) is 0. The van der Waals surface area contributed by atoms with Crippen LogP contribution in [0, 0.1) is 17.8 Å². The zero-order valence-electron chi connectivity index (χ0n) is 16.1. The second-order valence-electron chi connectivity index (χ2n) is 7.26. The summed E-state index contributed by atoms with van der Waals surface area (Å²) in [5.41, 5.74) is 0. The Morgan fingerprint density at radius 3 is 1.70 bits per heavy atom. The number of nitriles is 1. The van der Waals surface area contributed by atoms with Crippen molar-refractivity contribution in [3.8, 4) is 6.57 Å². The van der Waals surface area contributed by atoms with Crippen LogP contribution in [0.5, 0.6) is 0 Å². The molecule has 23 heavy (non-hydrogen) atoms. The third kappa shape index (κ3) is 13.6. The maximum Gasteiger partial charge on any atom is 0.0462 e. The molecule has 0 N–H and O–H groups in total. The summed E-state index contributed by atoms with van der Waals surface area (Å²) >= 11 is 0.